The number of carbonyl (C=O) groups excluding carboxylic acids is 1. The van der Waals surface area contributed by atoms with Gasteiger partial charge in [0.15, 0.2) is 0 Å². The van der Waals surface area contributed by atoms with Crippen LogP contribution in [0.15, 0.2) is 23.8 Å². The molecule has 0 bridgehead atoms. The number of ether oxygens (including phenoxy) is 1. The van der Waals surface area contributed by atoms with Gasteiger partial charge in [0.05, 0.1) is 0 Å². The van der Waals surface area contributed by atoms with Crippen molar-refractivity contribution in [2.45, 2.75) is 52.1 Å². The lowest BCUT2D eigenvalue weighted by molar-refractivity contribution is -0.140. The molecule has 0 aromatic heterocycles. The number of hydrogen-bond donors (Lipinski definition) is 0. The molecule has 1 heterocycles. The van der Waals surface area contributed by atoms with Crippen molar-refractivity contribution in [2.24, 2.45) is 17.3 Å². The highest BCUT2D eigenvalue weighted by Crippen LogP contribution is 2.61. The van der Waals surface area contributed by atoms with Crippen LogP contribution in [-0.2, 0) is 9.53 Å². The van der Waals surface area contributed by atoms with Crippen LogP contribution in [0.2, 0.25) is 0 Å². The third-order valence-electron chi connectivity index (χ3n) is 5.23. The van der Waals surface area contributed by atoms with E-state index < -0.39 is 0 Å². The topological polar surface area (TPSA) is 26.3 Å². The average molecular weight is 246 g/mol. The van der Waals surface area contributed by atoms with Crippen molar-refractivity contribution in [3.63, 3.8) is 0 Å². The second kappa shape index (κ2) is 3.97. The molecule has 0 N–H and O–H groups in total. The van der Waals surface area contributed by atoms with Crippen molar-refractivity contribution < 1.29 is 9.53 Å². The zero-order valence-electron chi connectivity index (χ0n) is 11.4. The van der Waals surface area contributed by atoms with Crippen LogP contribution in [0.25, 0.3) is 0 Å². The highest BCUT2D eigenvalue weighted by Gasteiger charge is 2.59. The van der Waals surface area contributed by atoms with E-state index in [0.717, 1.165) is 12.8 Å². The van der Waals surface area contributed by atoms with E-state index in [4.69, 9.17) is 4.74 Å². The fraction of sp³-hybridized carbons (Fsp3) is 0.688. The number of fused-ring (bicyclic) bond motifs is 3. The van der Waals surface area contributed by atoms with E-state index in [1.165, 1.54) is 24.8 Å². The Bertz CT molecular complexity index is 434. The minimum Gasteiger partial charge on any atom is -0.458 e. The fourth-order valence-electron chi connectivity index (χ4n) is 3.71. The van der Waals surface area contributed by atoms with E-state index >= 15 is 0 Å². The molecular formula is C16H22O2. The Hall–Kier alpha value is -1.05. The fourth-order valence-corrected chi connectivity index (χ4v) is 3.71. The van der Waals surface area contributed by atoms with Crippen LogP contribution < -0.4 is 0 Å². The summed E-state index contributed by atoms with van der Waals surface area (Å²) >= 11 is 0. The van der Waals surface area contributed by atoms with Crippen LogP contribution in [-0.4, -0.2) is 12.1 Å². The molecular weight excluding hydrogens is 224 g/mol. The molecule has 2 nitrogen and oxygen atoms in total. The van der Waals surface area contributed by atoms with Gasteiger partial charge in [0.1, 0.15) is 6.10 Å². The maximum atomic E-state index is 11.8. The second-order valence-electron chi connectivity index (χ2n) is 6.59. The molecule has 3 rings (SSSR count). The second-order valence-corrected chi connectivity index (χ2v) is 6.59. The first-order valence-electron chi connectivity index (χ1n) is 7.07. The Kier molecular flexibility index (Phi) is 2.65. The Labute approximate surface area is 109 Å². The Balaban J connectivity index is 1.87. The molecule has 1 saturated carbocycles. The lowest BCUT2D eigenvalue weighted by Gasteiger charge is -2.22. The molecule has 0 amide bonds. The maximum absolute atomic E-state index is 11.8. The molecule has 3 unspecified atom stereocenters. The SMILES string of the molecule is C=C1C(=O)OC2C1CC/C(C)=C/CC[C@@]1(C)CC21. The summed E-state index contributed by atoms with van der Waals surface area (Å²) in [7, 11) is 0. The van der Waals surface area contributed by atoms with Crippen LogP contribution in [0.4, 0.5) is 0 Å². The third kappa shape index (κ3) is 1.82. The lowest BCUT2D eigenvalue weighted by Crippen LogP contribution is -2.23. The predicted octanol–water partition coefficient (Wildman–Crippen LogP) is 3.63. The molecule has 3 aliphatic rings. The predicted molar refractivity (Wildman–Crippen MR) is 70.9 cm³/mol. The highest BCUT2D eigenvalue weighted by molar-refractivity contribution is 5.90. The Morgan fingerprint density at radius 2 is 2.28 bits per heavy atom. The normalized spacial score (nSPS) is 46.6. The minimum atomic E-state index is -0.153. The highest BCUT2D eigenvalue weighted by atomic mass is 16.6. The maximum Gasteiger partial charge on any atom is 0.334 e. The molecule has 2 fully saturated rings. The Morgan fingerprint density at radius 3 is 3.06 bits per heavy atom. The van der Waals surface area contributed by atoms with Crippen LogP contribution in [0.1, 0.15) is 46.0 Å². The zero-order valence-corrected chi connectivity index (χ0v) is 11.4. The number of hydrogen-bond acceptors (Lipinski definition) is 2. The van der Waals surface area contributed by atoms with Gasteiger partial charge in [0, 0.05) is 17.4 Å². The van der Waals surface area contributed by atoms with Gasteiger partial charge in [-0.3, -0.25) is 0 Å². The first kappa shape index (κ1) is 12.0. The summed E-state index contributed by atoms with van der Waals surface area (Å²) in [5.41, 5.74) is 2.55. The smallest absolute Gasteiger partial charge is 0.334 e. The van der Waals surface area contributed by atoms with Gasteiger partial charge in [-0.1, -0.05) is 25.2 Å². The van der Waals surface area contributed by atoms with Gasteiger partial charge in [-0.05, 0) is 44.4 Å². The van der Waals surface area contributed by atoms with E-state index in [0.29, 0.717) is 16.9 Å². The van der Waals surface area contributed by atoms with Gasteiger partial charge in [-0.2, -0.15) is 0 Å². The van der Waals surface area contributed by atoms with E-state index in [-0.39, 0.29) is 18.0 Å². The summed E-state index contributed by atoms with van der Waals surface area (Å²) in [6, 6.07) is 0. The van der Waals surface area contributed by atoms with E-state index in [2.05, 4.69) is 26.5 Å². The number of allylic oxidation sites excluding steroid dienone is 2. The van der Waals surface area contributed by atoms with Gasteiger partial charge < -0.3 is 4.74 Å². The molecule has 0 spiro atoms. The summed E-state index contributed by atoms with van der Waals surface area (Å²) in [4.78, 5) is 11.8. The zero-order chi connectivity index (χ0) is 12.9. The molecule has 2 heteroatoms. The largest absolute Gasteiger partial charge is 0.458 e. The summed E-state index contributed by atoms with van der Waals surface area (Å²) in [6.45, 7) is 8.49. The number of esters is 1. The molecule has 98 valence electrons. The summed E-state index contributed by atoms with van der Waals surface area (Å²) in [5, 5.41) is 0. The molecule has 18 heavy (non-hydrogen) atoms. The van der Waals surface area contributed by atoms with Crippen molar-refractivity contribution in [2.75, 3.05) is 0 Å². The van der Waals surface area contributed by atoms with Crippen LogP contribution in [0, 0.1) is 17.3 Å². The van der Waals surface area contributed by atoms with Crippen LogP contribution in [0.3, 0.4) is 0 Å². The summed E-state index contributed by atoms with van der Waals surface area (Å²) in [5.74, 6) is 0.670. The third-order valence-corrected chi connectivity index (χ3v) is 5.23. The van der Waals surface area contributed by atoms with E-state index in [1.54, 1.807) is 0 Å². The first-order valence-corrected chi connectivity index (χ1v) is 7.07. The quantitative estimate of drug-likeness (QED) is 0.370. The van der Waals surface area contributed by atoms with Crippen LogP contribution in [0.5, 0.6) is 0 Å². The van der Waals surface area contributed by atoms with Crippen molar-refractivity contribution >= 4 is 5.97 Å². The number of carbonyl (C=O) groups is 1. The van der Waals surface area contributed by atoms with Crippen molar-refractivity contribution in [1.82, 2.24) is 0 Å². The van der Waals surface area contributed by atoms with E-state index in [1.807, 2.05) is 0 Å². The van der Waals surface area contributed by atoms with Gasteiger partial charge in [0.2, 0.25) is 0 Å². The first-order chi connectivity index (χ1) is 8.51. The molecule has 0 aromatic rings. The van der Waals surface area contributed by atoms with Crippen LogP contribution >= 0.6 is 0 Å². The van der Waals surface area contributed by atoms with E-state index in [9.17, 15) is 4.79 Å². The van der Waals surface area contributed by atoms with Gasteiger partial charge in [-0.25, -0.2) is 4.79 Å². The summed E-state index contributed by atoms with van der Waals surface area (Å²) < 4.78 is 5.61. The van der Waals surface area contributed by atoms with Crippen molar-refractivity contribution in [3.05, 3.63) is 23.8 Å². The molecule has 1 aliphatic heterocycles. The van der Waals surface area contributed by atoms with Gasteiger partial charge in [0.25, 0.3) is 0 Å². The van der Waals surface area contributed by atoms with Crippen molar-refractivity contribution in [1.29, 1.82) is 0 Å². The number of rotatable bonds is 0. The molecule has 1 saturated heterocycles. The van der Waals surface area contributed by atoms with Gasteiger partial charge in [-0.15, -0.1) is 0 Å². The standard InChI is InChI=1S/C16H22O2/c1-10-5-4-8-16(3)9-13(16)14-12(7-6-10)11(2)15(17)18-14/h5,12-14H,2,4,6-9H2,1,3H3/b10-5+/t12?,13?,14?,16-/m0/s1. The van der Waals surface area contributed by atoms with Gasteiger partial charge >= 0.3 is 5.97 Å². The molecule has 0 aromatic carbocycles. The minimum absolute atomic E-state index is 0.112. The average Bonchev–Trinajstić information content (AvgIpc) is 2.90. The molecule has 0 radical (unpaired) electrons. The molecule has 4 atom stereocenters. The Morgan fingerprint density at radius 1 is 1.50 bits per heavy atom. The molecule has 2 aliphatic carbocycles. The lowest BCUT2D eigenvalue weighted by atomic mass is 9.84. The van der Waals surface area contributed by atoms with Crippen molar-refractivity contribution in [3.8, 4) is 0 Å². The summed E-state index contributed by atoms with van der Waals surface area (Å²) in [6.07, 6.45) is 8.18. The monoisotopic (exact) mass is 246 g/mol.